The summed E-state index contributed by atoms with van der Waals surface area (Å²) in [5, 5.41) is 0. The van der Waals surface area contributed by atoms with Crippen molar-refractivity contribution in [2.45, 2.75) is 50.5 Å². The maximum Gasteiger partial charge on any atom is 0.409 e. The second-order valence-corrected chi connectivity index (χ2v) is 7.38. The van der Waals surface area contributed by atoms with E-state index in [1.54, 1.807) is 4.90 Å². The van der Waals surface area contributed by atoms with Crippen LogP contribution in [0.4, 0.5) is 10.6 Å². The van der Waals surface area contributed by atoms with E-state index in [0.717, 1.165) is 43.3 Å². The SMILES string of the molecule is CCOC(=O)N1CCN(c2cc(C3CC(N)C3)nc(C3CC3)n2)CC1.Cl.Cl. The minimum Gasteiger partial charge on any atom is -0.450 e. The highest BCUT2D eigenvalue weighted by atomic mass is 35.5. The van der Waals surface area contributed by atoms with E-state index in [0.29, 0.717) is 37.6 Å². The monoisotopic (exact) mass is 417 g/mol. The van der Waals surface area contributed by atoms with Gasteiger partial charge in [-0.1, -0.05) is 0 Å². The number of ether oxygens (including phenoxy) is 1. The number of rotatable bonds is 4. The molecule has 0 radical (unpaired) electrons. The van der Waals surface area contributed by atoms with Gasteiger partial charge < -0.3 is 20.3 Å². The summed E-state index contributed by atoms with van der Waals surface area (Å²) in [4.78, 5) is 25.6. The molecule has 2 N–H and O–H groups in total. The molecule has 0 aromatic carbocycles. The zero-order valence-corrected chi connectivity index (χ0v) is 17.3. The van der Waals surface area contributed by atoms with Crippen molar-refractivity contribution in [3.8, 4) is 0 Å². The van der Waals surface area contributed by atoms with E-state index < -0.39 is 0 Å². The average molecular weight is 418 g/mol. The summed E-state index contributed by atoms with van der Waals surface area (Å²) in [7, 11) is 0. The smallest absolute Gasteiger partial charge is 0.409 e. The Labute approximate surface area is 172 Å². The van der Waals surface area contributed by atoms with E-state index in [-0.39, 0.29) is 30.9 Å². The summed E-state index contributed by atoms with van der Waals surface area (Å²) in [6.45, 7) is 5.16. The number of piperazine rings is 1. The van der Waals surface area contributed by atoms with E-state index in [1.807, 2.05) is 6.92 Å². The van der Waals surface area contributed by atoms with Crippen LogP contribution in [0.25, 0.3) is 0 Å². The molecule has 1 saturated heterocycles. The maximum atomic E-state index is 11.9. The number of aromatic nitrogens is 2. The van der Waals surface area contributed by atoms with Crippen LogP contribution in [0.5, 0.6) is 0 Å². The van der Waals surface area contributed by atoms with Crippen molar-refractivity contribution in [1.29, 1.82) is 0 Å². The van der Waals surface area contributed by atoms with Gasteiger partial charge in [-0.05, 0) is 32.6 Å². The highest BCUT2D eigenvalue weighted by molar-refractivity contribution is 5.85. The molecule has 2 aliphatic carbocycles. The third kappa shape index (κ3) is 4.95. The molecule has 4 rings (SSSR count). The van der Waals surface area contributed by atoms with E-state index in [2.05, 4.69) is 11.0 Å². The number of halogens is 2. The molecule has 7 nitrogen and oxygen atoms in total. The van der Waals surface area contributed by atoms with Crippen LogP contribution in [0.3, 0.4) is 0 Å². The van der Waals surface area contributed by atoms with Crippen molar-refractivity contribution >= 4 is 36.7 Å². The lowest BCUT2D eigenvalue weighted by molar-refractivity contribution is 0.105. The normalized spacial score (nSPS) is 24.4. The Morgan fingerprint density at radius 1 is 1.15 bits per heavy atom. The number of hydrogen-bond donors (Lipinski definition) is 1. The number of nitrogens with two attached hydrogens (primary N) is 1. The molecule has 1 aliphatic heterocycles. The standard InChI is InChI=1S/C18H27N5O2.2ClH/c1-2-25-18(24)23-7-5-22(6-8-23)16-11-15(13-9-14(19)10-13)20-17(21-16)12-3-4-12;;/h11-14H,2-10,19H2,1H3;2*1H. The first-order chi connectivity index (χ1) is 12.1. The minimum absolute atomic E-state index is 0. The molecule has 0 unspecified atom stereocenters. The van der Waals surface area contributed by atoms with Crippen molar-refractivity contribution < 1.29 is 9.53 Å². The fraction of sp³-hybridized carbons (Fsp3) is 0.722. The number of carbonyl (C=O) groups is 1. The zero-order valence-electron chi connectivity index (χ0n) is 15.7. The van der Waals surface area contributed by atoms with E-state index in [9.17, 15) is 4.79 Å². The van der Waals surface area contributed by atoms with Crippen molar-refractivity contribution in [2.75, 3.05) is 37.7 Å². The van der Waals surface area contributed by atoms with Crippen molar-refractivity contribution in [1.82, 2.24) is 14.9 Å². The molecule has 1 amide bonds. The van der Waals surface area contributed by atoms with Crippen LogP contribution in [-0.4, -0.2) is 59.8 Å². The lowest BCUT2D eigenvalue weighted by Gasteiger charge is -2.36. The largest absolute Gasteiger partial charge is 0.450 e. The van der Waals surface area contributed by atoms with Crippen LogP contribution in [0.2, 0.25) is 0 Å². The molecule has 152 valence electrons. The van der Waals surface area contributed by atoms with Gasteiger partial charge in [-0.3, -0.25) is 0 Å². The van der Waals surface area contributed by atoms with Gasteiger partial charge in [0.1, 0.15) is 11.6 Å². The van der Waals surface area contributed by atoms with Crippen LogP contribution in [-0.2, 0) is 4.74 Å². The van der Waals surface area contributed by atoms with E-state index >= 15 is 0 Å². The molecular weight excluding hydrogens is 389 g/mol. The van der Waals surface area contributed by atoms with Crippen molar-refractivity contribution in [3.05, 3.63) is 17.6 Å². The fourth-order valence-corrected chi connectivity index (χ4v) is 3.60. The lowest BCUT2D eigenvalue weighted by Crippen LogP contribution is -2.49. The fourth-order valence-electron chi connectivity index (χ4n) is 3.60. The molecule has 0 spiro atoms. The summed E-state index contributed by atoms with van der Waals surface area (Å²) < 4.78 is 5.09. The predicted octanol–water partition coefficient (Wildman–Crippen LogP) is 2.68. The highest BCUT2D eigenvalue weighted by Crippen LogP contribution is 2.41. The number of hydrogen-bond acceptors (Lipinski definition) is 6. The summed E-state index contributed by atoms with van der Waals surface area (Å²) in [5.41, 5.74) is 7.12. The first-order valence-electron chi connectivity index (χ1n) is 9.45. The predicted molar refractivity (Wildman–Crippen MR) is 109 cm³/mol. The van der Waals surface area contributed by atoms with E-state index in [4.69, 9.17) is 20.4 Å². The first-order valence-corrected chi connectivity index (χ1v) is 9.45. The van der Waals surface area contributed by atoms with Crippen LogP contribution in [0.15, 0.2) is 6.07 Å². The van der Waals surface area contributed by atoms with Crippen LogP contribution in [0.1, 0.15) is 56.0 Å². The molecule has 9 heteroatoms. The molecule has 27 heavy (non-hydrogen) atoms. The second kappa shape index (κ2) is 9.26. The molecule has 3 fully saturated rings. The minimum atomic E-state index is -0.215. The molecule has 1 aromatic rings. The molecule has 0 bridgehead atoms. The van der Waals surface area contributed by atoms with Gasteiger partial charge in [0.2, 0.25) is 0 Å². The second-order valence-electron chi connectivity index (χ2n) is 7.38. The molecule has 1 aromatic heterocycles. The quantitative estimate of drug-likeness (QED) is 0.810. The van der Waals surface area contributed by atoms with Crippen molar-refractivity contribution in [2.24, 2.45) is 5.73 Å². The number of anilines is 1. The van der Waals surface area contributed by atoms with Crippen LogP contribution >= 0.6 is 24.8 Å². The van der Waals surface area contributed by atoms with E-state index in [1.165, 1.54) is 12.8 Å². The Balaban J connectivity index is 0.00000131. The molecule has 0 atom stereocenters. The van der Waals surface area contributed by atoms with Gasteiger partial charge in [0.05, 0.1) is 6.61 Å². The maximum absolute atomic E-state index is 11.9. The van der Waals surface area contributed by atoms with Gasteiger partial charge in [0.25, 0.3) is 0 Å². The van der Waals surface area contributed by atoms with Crippen LogP contribution in [0, 0.1) is 0 Å². The third-order valence-electron chi connectivity index (χ3n) is 5.41. The summed E-state index contributed by atoms with van der Waals surface area (Å²) in [5.74, 6) is 3.03. The number of nitrogens with zero attached hydrogens (tertiary/aromatic N) is 4. The lowest BCUT2D eigenvalue weighted by atomic mass is 9.78. The Morgan fingerprint density at radius 2 is 1.81 bits per heavy atom. The average Bonchev–Trinajstić information content (AvgIpc) is 3.44. The van der Waals surface area contributed by atoms with Gasteiger partial charge in [-0.15, -0.1) is 24.8 Å². The van der Waals surface area contributed by atoms with Gasteiger partial charge in [-0.25, -0.2) is 14.8 Å². The summed E-state index contributed by atoms with van der Waals surface area (Å²) in [6, 6.07) is 2.46. The van der Waals surface area contributed by atoms with Gasteiger partial charge in [0, 0.05) is 55.8 Å². The first kappa shape index (κ1) is 22.0. The molecule has 2 saturated carbocycles. The van der Waals surface area contributed by atoms with Gasteiger partial charge in [-0.2, -0.15) is 0 Å². The van der Waals surface area contributed by atoms with Gasteiger partial charge in [0.15, 0.2) is 0 Å². The molecular formula is C18H29Cl2N5O2. The zero-order chi connectivity index (χ0) is 17.4. The number of amides is 1. The topological polar surface area (TPSA) is 84.6 Å². The molecule has 3 aliphatic rings. The highest BCUT2D eigenvalue weighted by Gasteiger charge is 2.33. The van der Waals surface area contributed by atoms with Crippen molar-refractivity contribution in [3.63, 3.8) is 0 Å². The Hall–Kier alpha value is -1.31. The third-order valence-corrected chi connectivity index (χ3v) is 5.41. The molecule has 2 heterocycles. The summed E-state index contributed by atoms with van der Waals surface area (Å²) in [6.07, 6.45) is 4.23. The van der Waals surface area contributed by atoms with Crippen LogP contribution < -0.4 is 10.6 Å². The Kier molecular flexibility index (Phi) is 7.54. The number of carbonyl (C=O) groups excluding carboxylic acids is 1. The van der Waals surface area contributed by atoms with Gasteiger partial charge >= 0.3 is 6.09 Å². The Morgan fingerprint density at radius 3 is 2.37 bits per heavy atom. The summed E-state index contributed by atoms with van der Waals surface area (Å²) >= 11 is 0. The Bertz CT molecular complexity index is 645.